The van der Waals surface area contributed by atoms with Gasteiger partial charge in [0.05, 0.1) is 25.5 Å². The Labute approximate surface area is 168 Å². The van der Waals surface area contributed by atoms with Crippen LogP contribution in [0.25, 0.3) is 0 Å². The Morgan fingerprint density at radius 1 is 1.07 bits per heavy atom. The number of benzene rings is 2. The van der Waals surface area contributed by atoms with E-state index in [0.29, 0.717) is 11.4 Å². The largest absolute Gasteiger partial charge is 0.497 e. The van der Waals surface area contributed by atoms with Gasteiger partial charge in [-0.1, -0.05) is 24.3 Å². The number of methoxy groups -OCH3 is 1. The number of hydrazone groups is 1. The normalized spacial score (nSPS) is 11.0. The summed E-state index contributed by atoms with van der Waals surface area (Å²) in [6.45, 7) is 1.78. The Morgan fingerprint density at radius 3 is 2.55 bits per heavy atom. The van der Waals surface area contributed by atoms with Gasteiger partial charge in [-0.3, -0.25) is 9.59 Å². The first-order chi connectivity index (χ1) is 14.0. The second-order valence-corrected chi connectivity index (χ2v) is 6.27. The van der Waals surface area contributed by atoms with E-state index >= 15 is 0 Å². The number of hydrogen-bond acceptors (Lipinski definition) is 5. The minimum absolute atomic E-state index is 0.208. The number of carbonyl (C=O) groups excluding carboxylic acids is 2. The van der Waals surface area contributed by atoms with Crippen LogP contribution in [0.1, 0.15) is 28.6 Å². The van der Waals surface area contributed by atoms with Gasteiger partial charge in [0.15, 0.2) is 5.76 Å². The highest BCUT2D eigenvalue weighted by Crippen LogP contribution is 2.14. The van der Waals surface area contributed by atoms with E-state index in [1.165, 1.54) is 6.26 Å². The number of rotatable bonds is 7. The van der Waals surface area contributed by atoms with Crippen molar-refractivity contribution in [3.63, 3.8) is 0 Å². The molecule has 7 nitrogen and oxygen atoms in total. The highest BCUT2D eigenvalue weighted by Gasteiger charge is 2.09. The monoisotopic (exact) mass is 391 g/mol. The topological polar surface area (TPSA) is 92.9 Å². The van der Waals surface area contributed by atoms with Crippen molar-refractivity contribution in [2.75, 3.05) is 12.4 Å². The van der Waals surface area contributed by atoms with Crippen molar-refractivity contribution in [1.29, 1.82) is 0 Å². The third kappa shape index (κ3) is 5.55. The van der Waals surface area contributed by atoms with E-state index in [2.05, 4.69) is 15.8 Å². The first-order valence-corrected chi connectivity index (χ1v) is 8.96. The summed E-state index contributed by atoms with van der Waals surface area (Å²) in [7, 11) is 1.59. The van der Waals surface area contributed by atoms with Gasteiger partial charge in [-0.05, 0) is 54.4 Å². The Bertz CT molecular complexity index is 1010. The zero-order valence-electron chi connectivity index (χ0n) is 16.1. The molecule has 0 spiro atoms. The summed E-state index contributed by atoms with van der Waals surface area (Å²) in [6, 6.07) is 17.7. The molecule has 2 N–H and O–H groups in total. The average Bonchev–Trinajstić information content (AvgIpc) is 3.28. The number of ether oxygens (including phenoxy) is 1. The lowest BCUT2D eigenvalue weighted by atomic mass is 10.1. The van der Waals surface area contributed by atoms with Crippen molar-refractivity contribution in [1.82, 2.24) is 5.43 Å². The molecule has 2 amide bonds. The van der Waals surface area contributed by atoms with E-state index in [-0.39, 0.29) is 24.0 Å². The molecule has 148 valence electrons. The summed E-state index contributed by atoms with van der Waals surface area (Å²) in [5.41, 5.74) is 5.40. The fourth-order valence-corrected chi connectivity index (χ4v) is 2.60. The Balaban J connectivity index is 1.60. The predicted octanol–water partition coefficient (Wildman–Crippen LogP) is 3.62. The summed E-state index contributed by atoms with van der Waals surface area (Å²) in [6.07, 6.45) is 1.65. The Morgan fingerprint density at radius 2 is 1.86 bits per heavy atom. The maximum atomic E-state index is 12.1. The first-order valence-electron chi connectivity index (χ1n) is 8.96. The first kappa shape index (κ1) is 19.9. The van der Waals surface area contributed by atoms with Gasteiger partial charge in [-0.25, -0.2) is 5.43 Å². The number of hydrogen-bond donors (Lipinski definition) is 2. The third-order valence-electron chi connectivity index (χ3n) is 4.16. The predicted molar refractivity (Wildman–Crippen MR) is 110 cm³/mol. The zero-order chi connectivity index (χ0) is 20.6. The molecule has 0 radical (unpaired) electrons. The highest BCUT2D eigenvalue weighted by atomic mass is 16.5. The molecule has 0 bridgehead atoms. The van der Waals surface area contributed by atoms with E-state index in [9.17, 15) is 9.59 Å². The molecule has 2 aromatic carbocycles. The van der Waals surface area contributed by atoms with Crippen LogP contribution in [-0.4, -0.2) is 24.6 Å². The molecule has 3 aromatic rings. The minimum Gasteiger partial charge on any atom is -0.497 e. The molecule has 0 saturated carbocycles. The molecule has 1 aromatic heterocycles. The molecular weight excluding hydrogens is 370 g/mol. The van der Waals surface area contributed by atoms with Crippen LogP contribution >= 0.6 is 0 Å². The molecule has 0 aliphatic heterocycles. The lowest BCUT2D eigenvalue weighted by Gasteiger charge is -2.07. The van der Waals surface area contributed by atoms with E-state index in [0.717, 1.165) is 16.9 Å². The van der Waals surface area contributed by atoms with Crippen LogP contribution < -0.4 is 15.5 Å². The van der Waals surface area contributed by atoms with Crippen molar-refractivity contribution >= 4 is 23.2 Å². The number of nitrogens with zero attached hydrogens (tertiary/aromatic N) is 1. The van der Waals surface area contributed by atoms with Gasteiger partial charge in [-0.2, -0.15) is 5.10 Å². The van der Waals surface area contributed by atoms with Gasteiger partial charge in [-0.15, -0.1) is 0 Å². The fraction of sp³-hybridized carbons (Fsp3) is 0.136. The summed E-state index contributed by atoms with van der Waals surface area (Å²) in [5, 5.41) is 6.92. The molecule has 1 heterocycles. The van der Waals surface area contributed by atoms with Crippen molar-refractivity contribution in [2.24, 2.45) is 5.10 Å². The standard InChI is InChI=1S/C22H21N3O4/c1-15(24-25-21(26)13-16-8-10-19(28-2)11-9-16)17-5-3-6-18(14-17)23-22(27)20-7-4-12-29-20/h3-12,14H,13H2,1-2H3,(H,23,27)(H,25,26). The lowest BCUT2D eigenvalue weighted by Crippen LogP contribution is -2.21. The zero-order valence-corrected chi connectivity index (χ0v) is 16.1. The van der Waals surface area contributed by atoms with Gasteiger partial charge in [0.2, 0.25) is 5.91 Å². The summed E-state index contributed by atoms with van der Waals surface area (Å²) < 4.78 is 10.2. The van der Waals surface area contributed by atoms with Crippen LogP contribution in [0.3, 0.4) is 0 Å². The van der Waals surface area contributed by atoms with E-state index in [4.69, 9.17) is 9.15 Å². The average molecular weight is 391 g/mol. The van der Waals surface area contributed by atoms with Gasteiger partial charge in [0.1, 0.15) is 5.75 Å². The molecular formula is C22H21N3O4. The summed E-state index contributed by atoms with van der Waals surface area (Å²) >= 11 is 0. The summed E-state index contributed by atoms with van der Waals surface area (Å²) in [4.78, 5) is 24.2. The number of furan rings is 1. The fourth-order valence-electron chi connectivity index (χ4n) is 2.60. The Kier molecular flexibility index (Phi) is 6.42. The van der Waals surface area contributed by atoms with Crippen molar-refractivity contribution in [2.45, 2.75) is 13.3 Å². The second kappa shape index (κ2) is 9.36. The van der Waals surface area contributed by atoms with Gasteiger partial charge < -0.3 is 14.5 Å². The van der Waals surface area contributed by atoms with Gasteiger partial charge in [0, 0.05) is 5.69 Å². The molecule has 7 heteroatoms. The smallest absolute Gasteiger partial charge is 0.291 e. The molecule has 0 saturated heterocycles. The van der Waals surface area contributed by atoms with E-state index < -0.39 is 0 Å². The lowest BCUT2D eigenvalue weighted by molar-refractivity contribution is -0.120. The number of anilines is 1. The minimum atomic E-state index is -0.338. The SMILES string of the molecule is COc1ccc(CC(=O)NN=C(C)c2cccc(NC(=O)c3ccco3)c2)cc1. The Hall–Kier alpha value is -3.87. The van der Waals surface area contributed by atoms with Crippen molar-refractivity contribution in [3.8, 4) is 5.75 Å². The van der Waals surface area contributed by atoms with Crippen LogP contribution in [0.15, 0.2) is 76.4 Å². The van der Waals surface area contributed by atoms with Crippen molar-refractivity contribution < 1.29 is 18.7 Å². The van der Waals surface area contributed by atoms with Crippen LogP contribution in [-0.2, 0) is 11.2 Å². The molecule has 0 unspecified atom stereocenters. The highest BCUT2D eigenvalue weighted by molar-refractivity contribution is 6.04. The van der Waals surface area contributed by atoms with Crippen LogP contribution in [0.4, 0.5) is 5.69 Å². The second-order valence-electron chi connectivity index (χ2n) is 6.27. The third-order valence-corrected chi connectivity index (χ3v) is 4.16. The van der Waals surface area contributed by atoms with Crippen LogP contribution in [0.5, 0.6) is 5.75 Å². The van der Waals surface area contributed by atoms with Crippen LogP contribution in [0, 0.1) is 0 Å². The molecule has 0 aliphatic carbocycles. The maximum absolute atomic E-state index is 12.1. The number of carbonyl (C=O) groups is 2. The van der Waals surface area contributed by atoms with E-state index in [1.54, 1.807) is 56.5 Å². The molecule has 3 rings (SSSR count). The maximum Gasteiger partial charge on any atom is 0.291 e. The van der Waals surface area contributed by atoms with Crippen LogP contribution in [0.2, 0.25) is 0 Å². The van der Waals surface area contributed by atoms with E-state index in [1.807, 2.05) is 18.2 Å². The van der Waals surface area contributed by atoms with Gasteiger partial charge >= 0.3 is 0 Å². The molecule has 0 aliphatic rings. The number of nitrogens with one attached hydrogen (secondary N) is 2. The summed E-state index contributed by atoms with van der Waals surface area (Å²) in [5.74, 6) is 0.403. The molecule has 0 atom stereocenters. The molecule has 0 fully saturated rings. The van der Waals surface area contributed by atoms with Gasteiger partial charge in [0.25, 0.3) is 5.91 Å². The molecule has 29 heavy (non-hydrogen) atoms. The van der Waals surface area contributed by atoms with Crippen molar-refractivity contribution in [3.05, 3.63) is 83.8 Å². The quantitative estimate of drug-likeness (QED) is 0.475. The number of amides is 2.